The highest BCUT2D eigenvalue weighted by atomic mass is 127. The Morgan fingerprint density at radius 3 is 2.00 bits per heavy atom. The summed E-state index contributed by atoms with van der Waals surface area (Å²) in [6.45, 7) is 7.53. The predicted molar refractivity (Wildman–Crippen MR) is 65.5 cm³/mol. The molecule has 2 heteroatoms. The fraction of sp³-hybridized carbons (Fsp3) is 1.00. The maximum Gasteiger partial charge on any atom is 0.0502 e. The van der Waals surface area contributed by atoms with Crippen molar-refractivity contribution in [3.63, 3.8) is 0 Å². The molecule has 0 bridgehead atoms. The van der Waals surface area contributed by atoms with Gasteiger partial charge in [-0.15, -0.1) is 0 Å². The normalized spacial score (nSPS) is 28.6. The monoisotopic (exact) mass is 284 g/mol. The van der Waals surface area contributed by atoms with Crippen LogP contribution in [-0.4, -0.2) is 13.0 Å². The molecule has 0 radical (unpaired) electrons. The second-order valence-corrected chi connectivity index (χ2v) is 9.60. The molecule has 0 aromatic rings. The Bertz CT molecular complexity index is 102. The molecule has 0 spiro atoms. The molecular formula is C9H21ISi. The van der Waals surface area contributed by atoms with E-state index in [1.807, 2.05) is 4.93 Å². The molecule has 1 atom stereocenters. The van der Waals surface area contributed by atoms with Crippen LogP contribution in [0.4, 0.5) is 0 Å². The molecule has 68 valence electrons. The van der Waals surface area contributed by atoms with E-state index in [1.54, 1.807) is 6.04 Å². The third kappa shape index (κ3) is 3.92. The molecule has 0 aromatic carbocycles. The zero-order valence-electron chi connectivity index (χ0n) is 8.28. The standard InChI is InChI=1S/C8H18Si.CH3I/c1-8-6-4-5-7-9(8,2)3;1-2/h8H,4-7H2,1-3H3;1H3. The van der Waals surface area contributed by atoms with E-state index in [0.29, 0.717) is 0 Å². The van der Waals surface area contributed by atoms with Crippen molar-refractivity contribution in [2.24, 2.45) is 0 Å². The number of alkyl halides is 1. The first-order valence-electron chi connectivity index (χ1n) is 4.51. The molecule has 1 rings (SSSR count). The van der Waals surface area contributed by atoms with Crippen LogP contribution < -0.4 is 0 Å². The fourth-order valence-electron chi connectivity index (χ4n) is 1.67. The lowest BCUT2D eigenvalue weighted by Crippen LogP contribution is -2.33. The number of hydrogen-bond acceptors (Lipinski definition) is 0. The van der Waals surface area contributed by atoms with Gasteiger partial charge in [-0.3, -0.25) is 0 Å². The van der Waals surface area contributed by atoms with Gasteiger partial charge >= 0.3 is 0 Å². The van der Waals surface area contributed by atoms with E-state index in [2.05, 4.69) is 42.6 Å². The Balaban J connectivity index is 0.000000461. The van der Waals surface area contributed by atoms with Gasteiger partial charge in [0, 0.05) is 0 Å². The lowest BCUT2D eigenvalue weighted by molar-refractivity contribution is 0.635. The number of hydrogen-bond donors (Lipinski definition) is 0. The van der Waals surface area contributed by atoms with Crippen LogP contribution in [-0.2, 0) is 0 Å². The number of halogens is 1. The van der Waals surface area contributed by atoms with Gasteiger partial charge in [0.15, 0.2) is 0 Å². The highest BCUT2D eigenvalue weighted by molar-refractivity contribution is 14.1. The van der Waals surface area contributed by atoms with Gasteiger partial charge in [-0.1, -0.05) is 67.9 Å². The summed E-state index contributed by atoms with van der Waals surface area (Å²) in [6.07, 6.45) is 4.53. The minimum Gasteiger partial charge on any atom is -0.0901 e. The van der Waals surface area contributed by atoms with E-state index in [0.717, 1.165) is 5.54 Å². The lowest BCUT2D eigenvalue weighted by Gasteiger charge is -2.34. The van der Waals surface area contributed by atoms with Gasteiger partial charge in [0.1, 0.15) is 0 Å². The third-order valence-corrected chi connectivity index (χ3v) is 7.64. The third-order valence-electron chi connectivity index (χ3n) is 3.04. The Labute approximate surface area is 86.3 Å². The summed E-state index contributed by atoms with van der Waals surface area (Å²) in [4.78, 5) is 1.97. The first-order valence-corrected chi connectivity index (χ1v) is 9.95. The molecule has 0 saturated carbocycles. The largest absolute Gasteiger partial charge is 0.0901 e. The van der Waals surface area contributed by atoms with Crippen LogP contribution in [0.3, 0.4) is 0 Å². The van der Waals surface area contributed by atoms with Gasteiger partial charge in [0.2, 0.25) is 0 Å². The molecule has 1 heterocycles. The molecule has 0 nitrogen and oxygen atoms in total. The van der Waals surface area contributed by atoms with Crippen LogP contribution >= 0.6 is 22.6 Å². The van der Waals surface area contributed by atoms with E-state index < -0.39 is 8.07 Å². The Morgan fingerprint density at radius 1 is 1.18 bits per heavy atom. The molecule has 1 unspecified atom stereocenters. The quantitative estimate of drug-likeness (QED) is 0.353. The van der Waals surface area contributed by atoms with Gasteiger partial charge in [-0.05, 0) is 10.5 Å². The molecule has 0 aliphatic carbocycles. The van der Waals surface area contributed by atoms with Crippen molar-refractivity contribution in [3.05, 3.63) is 0 Å². The molecule has 11 heavy (non-hydrogen) atoms. The Kier molecular flexibility index (Phi) is 6.05. The van der Waals surface area contributed by atoms with Crippen LogP contribution in [0.15, 0.2) is 0 Å². The van der Waals surface area contributed by atoms with E-state index in [4.69, 9.17) is 0 Å². The molecule has 1 aliphatic rings. The SMILES string of the molecule is CC1CCCC[Si]1(C)C.CI. The van der Waals surface area contributed by atoms with E-state index >= 15 is 0 Å². The molecular weight excluding hydrogens is 263 g/mol. The average molecular weight is 284 g/mol. The van der Waals surface area contributed by atoms with Gasteiger partial charge in [0.25, 0.3) is 0 Å². The summed E-state index contributed by atoms with van der Waals surface area (Å²) in [6, 6.07) is 1.58. The summed E-state index contributed by atoms with van der Waals surface area (Å²) in [7, 11) is -0.694. The van der Waals surface area contributed by atoms with Crippen molar-refractivity contribution in [2.75, 3.05) is 4.93 Å². The van der Waals surface area contributed by atoms with Crippen LogP contribution in [0.1, 0.15) is 26.2 Å². The summed E-state index contributed by atoms with van der Waals surface area (Å²) >= 11 is 2.15. The minimum absolute atomic E-state index is 0.694. The van der Waals surface area contributed by atoms with Gasteiger partial charge in [0.05, 0.1) is 8.07 Å². The Hall–Kier alpha value is 0.947. The van der Waals surface area contributed by atoms with Crippen molar-refractivity contribution >= 4 is 30.7 Å². The van der Waals surface area contributed by atoms with Crippen molar-refractivity contribution in [1.82, 2.24) is 0 Å². The highest BCUT2D eigenvalue weighted by Crippen LogP contribution is 2.36. The highest BCUT2D eigenvalue weighted by Gasteiger charge is 2.30. The van der Waals surface area contributed by atoms with Gasteiger partial charge < -0.3 is 0 Å². The maximum atomic E-state index is 2.54. The minimum atomic E-state index is -0.694. The first kappa shape index (κ1) is 11.9. The summed E-state index contributed by atoms with van der Waals surface area (Å²) in [5.41, 5.74) is 1.09. The summed E-state index contributed by atoms with van der Waals surface area (Å²) in [5.74, 6) is 0. The van der Waals surface area contributed by atoms with E-state index in [1.165, 1.54) is 19.3 Å². The van der Waals surface area contributed by atoms with Crippen LogP contribution in [0, 0.1) is 0 Å². The second kappa shape index (κ2) is 5.57. The van der Waals surface area contributed by atoms with Crippen molar-refractivity contribution in [3.8, 4) is 0 Å². The van der Waals surface area contributed by atoms with Crippen molar-refractivity contribution in [1.29, 1.82) is 0 Å². The van der Waals surface area contributed by atoms with E-state index in [-0.39, 0.29) is 0 Å². The lowest BCUT2D eigenvalue weighted by atomic mass is 10.2. The molecule has 0 amide bonds. The van der Waals surface area contributed by atoms with Crippen molar-refractivity contribution < 1.29 is 0 Å². The summed E-state index contributed by atoms with van der Waals surface area (Å²) < 4.78 is 0. The molecule has 0 N–H and O–H groups in total. The molecule has 1 aliphatic heterocycles. The second-order valence-electron chi connectivity index (χ2n) is 4.14. The van der Waals surface area contributed by atoms with Crippen LogP contribution in [0.2, 0.25) is 24.7 Å². The topological polar surface area (TPSA) is 0 Å². The molecule has 1 saturated heterocycles. The fourth-order valence-corrected chi connectivity index (χ4v) is 4.31. The molecule has 1 fully saturated rings. The smallest absolute Gasteiger partial charge is 0.0502 e. The zero-order chi connectivity index (χ0) is 8.91. The van der Waals surface area contributed by atoms with Crippen LogP contribution in [0.25, 0.3) is 0 Å². The molecule has 0 aromatic heterocycles. The predicted octanol–water partition coefficient (Wildman–Crippen LogP) is 4.32. The van der Waals surface area contributed by atoms with Crippen molar-refractivity contribution in [2.45, 2.75) is 50.9 Å². The van der Waals surface area contributed by atoms with Crippen LogP contribution in [0.5, 0.6) is 0 Å². The van der Waals surface area contributed by atoms with Gasteiger partial charge in [-0.25, -0.2) is 0 Å². The van der Waals surface area contributed by atoms with E-state index in [9.17, 15) is 0 Å². The van der Waals surface area contributed by atoms with Gasteiger partial charge in [-0.2, -0.15) is 0 Å². The average Bonchev–Trinajstić information content (AvgIpc) is 2.00. The maximum absolute atomic E-state index is 2.54. The first-order chi connectivity index (χ1) is 5.13. The Morgan fingerprint density at radius 2 is 1.73 bits per heavy atom. The number of rotatable bonds is 0. The zero-order valence-corrected chi connectivity index (χ0v) is 11.4. The summed E-state index contributed by atoms with van der Waals surface area (Å²) in [5, 5.41) is 0.